The van der Waals surface area contributed by atoms with Crippen LogP contribution in [0.25, 0.3) is 0 Å². The Balaban J connectivity index is 2.34. The van der Waals surface area contributed by atoms with E-state index in [0.717, 1.165) is 6.42 Å². The molecule has 1 heterocycles. The predicted octanol–water partition coefficient (Wildman–Crippen LogP) is 0.527. The number of nitrogens with zero attached hydrogens (tertiary/aromatic N) is 1. The molecule has 2 atom stereocenters. The second kappa shape index (κ2) is 6.44. The molecule has 1 rings (SSSR count). The number of hydrogen-bond acceptors (Lipinski definition) is 3. The fraction of sp³-hybridized carbons (Fsp3) is 0.818. The third-order valence-electron chi connectivity index (χ3n) is 3.09. The van der Waals surface area contributed by atoms with Crippen LogP contribution in [0.1, 0.15) is 19.8 Å². The molecule has 1 fully saturated rings. The molecule has 6 heteroatoms. The number of carbonyl (C=O) groups excluding carboxylic acids is 1. The monoisotopic (exact) mass is 244 g/mol. The van der Waals surface area contributed by atoms with Crippen molar-refractivity contribution in [3.63, 3.8) is 0 Å². The topological polar surface area (TPSA) is 78.9 Å². The van der Waals surface area contributed by atoms with Gasteiger partial charge in [-0.1, -0.05) is 6.92 Å². The molecule has 0 aliphatic carbocycles. The molecule has 0 aromatic heterocycles. The molecule has 0 aromatic rings. The molecule has 1 saturated heterocycles. The van der Waals surface area contributed by atoms with Gasteiger partial charge in [-0.15, -0.1) is 0 Å². The Morgan fingerprint density at radius 1 is 1.53 bits per heavy atom. The highest BCUT2D eigenvalue weighted by molar-refractivity contribution is 5.75. The van der Waals surface area contributed by atoms with E-state index in [9.17, 15) is 9.59 Å². The number of carboxylic acid groups (broad SMARTS) is 1. The average molecular weight is 244 g/mol. The maximum atomic E-state index is 11.7. The average Bonchev–Trinajstić information content (AvgIpc) is 2.29. The summed E-state index contributed by atoms with van der Waals surface area (Å²) in [5.74, 6) is -0.463. The van der Waals surface area contributed by atoms with Crippen molar-refractivity contribution >= 4 is 12.0 Å². The molecule has 1 aliphatic heterocycles. The van der Waals surface area contributed by atoms with Crippen LogP contribution in [-0.2, 0) is 9.53 Å². The summed E-state index contributed by atoms with van der Waals surface area (Å²) in [7, 11) is 1.65. The zero-order valence-corrected chi connectivity index (χ0v) is 10.3. The lowest BCUT2D eigenvalue weighted by molar-refractivity contribution is -0.136. The first kappa shape index (κ1) is 13.8. The fourth-order valence-electron chi connectivity index (χ4n) is 1.91. The van der Waals surface area contributed by atoms with Gasteiger partial charge in [0.1, 0.15) is 0 Å². The van der Waals surface area contributed by atoms with Gasteiger partial charge in [0.15, 0.2) is 0 Å². The number of ether oxygens (including phenoxy) is 1. The van der Waals surface area contributed by atoms with Gasteiger partial charge in [0.25, 0.3) is 0 Å². The third kappa shape index (κ3) is 4.22. The largest absolute Gasteiger partial charge is 0.481 e. The van der Waals surface area contributed by atoms with Crippen molar-refractivity contribution in [3.05, 3.63) is 0 Å². The quantitative estimate of drug-likeness (QED) is 0.756. The van der Waals surface area contributed by atoms with Crippen LogP contribution in [0, 0.1) is 5.92 Å². The number of aliphatic carboxylic acids is 1. The van der Waals surface area contributed by atoms with Crippen molar-refractivity contribution in [2.75, 3.05) is 26.7 Å². The van der Waals surface area contributed by atoms with Gasteiger partial charge >= 0.3 is 12.0 Å². The van der Waals surface area contributed by atoms with Gasteiger partial charge in [0, 0.05) is 26.7 Å². The maximum absolute atomic E-state index is 11.7. The van der Waals surface area contributed by atoms with E-state index >= 15 is 0 Å². The van der Waals surface area contributed by atoms with Gasteiger partial charge in [0.2, 0.25) is 0 Å². The first-order valence-corrected chi connectivity index (χ1v) is 5.82. The Kier molecular flexibility index (Phi) is 5.21. The van der Waals surface area contributed by atoms with E-state index in [4.69, 9.17) is 9.84 Å². The van der Waals surface area contributed by atoms with E-state index in [1.54, 1.807) is 12.0 Å². The summed E-state index contributed by atoms with van der Waals surface area (Å²) in [4.78, 5) is 23.7. The van der Waals surface area contributed by atoms with E-state index in [1.807, 2.05) is 0 Å². The smallest absolute Gasteiger partial charge is 0.317 e. The normalized spacial score (nSPS) is 24.5. The number of urea groups is 1. The van der Waals surface area contributed by atoms with Crippen molar-refractivity contribution < 1.29 is 19.4 Å². The molecule has 0 spiro atoms. The van der Waals surface area contributed by atoms with Crippen molar-refractivity contribution in [2.24, 2.45) is 5.92 Å². The van der Waals surface area contributed by atoms with Crippen LogP contribution in [0.3, 0.4) is 0 Å². The second-order valence-electron chi connectivity index (χ2n) is 4.36. The highest BCUT2D eigenvalue weighted by Crippen LogP contribution is 2.19. The van der Waals surface area contributed by atoms with Gasteiger partial charge in [-0.3, -0.25) is 4.79 Å². The minimum atomic E-state index is -0.910. The lowest BCUT2D eigenvalue weighted by Gasteiger charge is -2.36. The van der Waals surface area contributed by atoms with Crippen LogP contribution in [0.2, 0.25) is 0 Å². The number of rotatable bonds is 4. The molecule has 2 unspecified atom stereocenters. The zero-order chi connectivity index (χ0) is 12.8. The SMILES string of the molecule is COC1CN(C(=O)NCCC(=O)O)CCC1C. The molecule has 0 aromatic carbocycles. The highest BCUT2D eigenvalue weighted by Gasteiger charge is 2.28. The highest BCUT2D eigenvalue weighted by atomic mass is 16.5. The molecule has 0 radical (unpaired) electrons. The lowest BCUT2D eigenvalue weighted by atomic mass is 9.96. The van der Waals surface area contributed by atoms with E-state index in [0.29, 0.717) is 19.0 Å². The van der Waals surface area contributed by atoms with E-state index in [-0.39, 0.29) is 25.1 Å². The molecular weight excluding hydrogens is 224 g/mol. The standard InChI is InChI=1S/C11H20N2O4/c1-8-4-6-13(7-9(8)17-2)11(16)12-5-3-10(14)15/h8-9H,3-7H2,1-2H3,(H,12,16)(H,14,15). The lowest BCUT2D eigenvalue weighted by Crippen LogP contribution is -2.50. The molecular formula is C11H20N2O4. The molecule has 17 heavy (non-hydrogen) atoms. The van der Waals surface area contributed by atoms with E-state index in [2.05, 4.69) is 12.2 Å². The van der Waals surface area contributed by atoms with E-state index in [1.165, 1.54) is 0 Å². The molecule has 1 aliphatic rings. The Morgan fingerprint density at radius 2 is 2.24 bits per heavy atom. The Labute approximate surface area is 101 Å². The summed E-state index contributed by atoms with van der Waals surface area (Å²) in [5, 5.41) is 11.1. The molecule has 0 bridgehead atoms. The van der Waals surface area contributed by atoms with Gasteiger partial charge in [0.05, 0.1) is 12.5 Å². The Bertz CT molecular complexity index is 283. The minimum Gasteiger partial charge on any atom is -0.481 e. The summed E-state index contributed by atoms with van der Waals surface area (Å²) in [6.07, 6.45) is 0.920. The molecule has 2 N–H and O–H groups in total. The number of carbonyl (C=O) groups is 2. The number of methoxy groups -OCH3 is 1. The summed E-state index contributed by atoms with van der Waals surface area (Å²) in [6, 6.07) is -0.208. The molecule has 98 valence electrons. The van der Waals surface area contributed by atoms with E-state index < -0.39 is 5.97 Å². The first-order valence-electron chi connectivity index (χ1n) is 5.82. The van der Waals surface area contributed by atoms with Crippen LogP contribution < -0.4 is 5.32 Å². The van der Waals surface area contributed by atoms with Gasteiger partial charge in [-0.05, 0) is 12.3 Å². The van der Waals surface area contributed by atoms with Crippen molar-refractivity contribution in [2.45, 2.75) is 25.9 Å². The second-order valence-corrected chi connectivity index (χ2v) is 4.36. The van der Waals surface area contributed by atoms with Crippen molar-refractivity contribution in [1.29, 1.82) is 0 Å². The first-order chi connectivity index (χ1) is 8.04. The summed E-state index contributed by atoms with van der Waals surface area (Å²) >= 11 is 0. The van der Waals surface area contributed by atoms with Gasteiger partial charge in [-0.2, -0.15) is 0 Å². The third-order valence-corrected chi connectivity index (χ3v) is 3.09. The number of carboxylic acids is 1. The Hall–Kier alpha value is -1.30. The number of piperidine rings is 1. The van der Waals surface area contributed by atoms with Crippen LogP contribution >= 0.6 is 0 Å². The number of nitrogens with one attached hydrogen (secondary N) is 1. The predicted molar refractivity (Wildman–Crippen MR) is 61.8 cm³/mol. The maximum Gasteiger partial charge on any atom is 0.317 e. The van der Waals surface area contributed by atoms with Crippen LogP contribution in [-0.4, -0.2) is 54.9 Å². The fourth-order valence-corrected chi connectivity index (χ4v) is 1.91. The summed E-state index contributed by atoms with van der Waals surface area (Å²) in [6.45, 7) is 3.53. The van der Waals surface area contributed by atoms with Crippen LogP contribution in [0.5, 0.6) is 0 Å². The zero-order valence-electron chi connectivity index (χ0n) is 10.3. The van der Waals surface area contributed by atoms with Crippen molar-refractivity contribution in [3.8, 4) is 0 Å². The van der Waals surface area contributed by atoms with Crippen molar-refractivity contribution in [1.82, 2.24) is 10.2 Å². The van der Waals surface area contributed by atoms with Crippen LogP contribution in [0.4, 0.5) is 4.79 Å². The summed E-state index contributed by atoms with van der Waals surface area (Å²) < 4.78 is 5.31. The number of amides is 2. The molecule has 0 saturated carbocycles. The minimum absolute atomic E-state index is 0.0519. The van der Waals surface area contributed by atoms with Gasteiger partial charge in [-0.25, -0.2) is 4.79 Å². The number of likely N-dealkylation sites (tertiary alicyclic amines) is 1. The van der Waals surface area contributed by atoms with Crippen LogP contribution in [0.15, 0.2) is 0 Å². The summed E-state index contributed by atoms with van der Waals surface area (Å²) in [5.41, 5.74) is 0. The number of hydrogen-bond donors (Lipinski definition) is 2. The van der Waals surface area contributed by atoms with Gasteiger partial charge < -0.3 is 20.1 Å². The molecule has 2 amide bonds. The Morgan fingerprint density at radius 3 is 2.82 bits per heavy atom. The molecule has 6 nitrogen and oxygen atoms in total.